The minimum Gasteiger partial charge on any atom is -0.347 e. The standard InChI is InChI=1S/C17H30N4O2/c1-14(2)10-15(3)11-21-13-16(18-19-21)12-20-6-4-17(5-7-20)22-8-9-23-17/h13-15H,4-12H2,1-3H3. The van der Waals surface area contributed by atoms with Crippen LogP contribution in [0.4, 0.5) is 0 Å². The highest BCUT2D eigenvalue weighted by Crippen LogP contribution is 2.31. The van der Waals surface area contributed by atoms with Crippen molar-refractivity contribution in [3.8, 4) is 0 Å². The summed E-state index contributed by atoms with van der Waals surface area (Å²) in [5.41, 5.74) is 1.06. The van der Waals surface area contributed by atoms with Gasteiger partial charge in [0, 0.05) is 45.2 Å². The molecule has 0 radical (unpaired) electrons. The van der Waals surface area contributed by atoms with Crippen molar-refractivity contribution >= 4 is 0 Å². The van der Waals surface area contributed by atoms with Gasteiger partial charge in [-0.05, 0) is 18.3 Å². The smallest absolute Gasteiger partial charge is 0.170 e. The number of rotatable bonds is 6. The maximum absolute atomic E-state index is 5.78. The molecule has 23 heavy (non-hydrogen) atoms. The summed E-state index contributed by atoms with van der Waals surface area (Å²) in [6.07, 6.45) is 5.23. The summed E-state index contributed by atoms with van der Waals surface area (Å²) in [5, 5.41) is 8.63. The second-order valence-electron chi connectivity index (χ2n) is 7.55. The molecule has 2 aliphatic heterocycles. The number of piperidine rings is 1. The highest BCUT2D eigenvalue weighted by atomic mass is 16.7. The molecule has 0 amide bonds. The number of aromatic nitrogens is 3. The molecule has 3 heterocycles. The lowest BCUT2D eigenvalue weighted by Crippen LogP contribution is -2.44. The molecule has 1 aromatic rings. The predicted molar refractivity (Wildman–Crippen MR) is 87.8 cm³/mol. The van der Waals surface area contributed by atoms with Crippen molar-refractivity contribution in [1.29, 1.82) is 0 Å². The summed E-state index contributed by atoms with van der Waals surface area (Å²) in [6.45, 7) is 12.1. The zero-order valence-corrected chi connectivity index (χ0v) is 14.7. The van der Waals surface area contributed by atoms with Gasteiger partial charge in [0.05, 0.1) is 18.9 Å². The van der Waals surface area contributed by atoms with E-state index in [0.717, 1.165) is 63.8 Å². The van der Waals surface area contributed by atoms with E-state index in [2.05, 4.69) is 42.2 Å². The second kappa shape index (κ2) is 7.28. The molecule has 1 unspecified atom stereocenters. The van der Waals surface area contributed by atoms with Crippen molar-refractivity contribution in [2.24, 2.45) is 11.8 Å². The molecule has 0 aliphatic carbocycles. The number of hydrogen-bond acceptors (Lipinski definition) is 5. The third kappa shape index (κ3) is 4.52. The van der Waals surface area contributed by atoms with Crippen LogP contribution in [0.1, 0.15) is 45.7 Å². The Labute approximate surface area is 139 Å². The van der Waals surface area contributed by atoms with Gasteiger partial charge in [-0.2, -0.15) is 0 Å². The van der Waals surface area contributed by atoms with Crippen LogP contribution < -0.4 is 0 Å². The van der Waals surface area contributed by atoms with E-state index in [4.69, 9.17) is 9.47 Å². The van der Waals surface area contributed by atoms with Gasteiger partial charge in [-0.15, -0.1) is 5.10 Å². The Morgan fingerprint density at radius 2 is 1.87 bits per heavy atom. The highest BCUT2D eigenvalue weighted by molar-refractivity contribution is 4.94. The lowest BCUT2D eigenvalue weighted by Gasteiger charge is -2.37. The van der Waals surface area contributed by atoms with Crippen LogP contribution in [0, 0.1) is 11.8 Å². The Morgan fingerprint density at radius 1 is 1.17 bits per heavy atom. The molecular formula is C17H30N4O2. The van der Waals surface area contributed by atoms with E-state index in [0.29, 0.717) is 5.92 Å². The molecule has 0 saturated carbocycles. The first kappa shape index (κ1) is 16.9. The Balaban J connectivity index is 1.46. The molecule has 2 fully saturated rings. The monoisotopic (exact) mass is 322 g/mol. The fraction of sp³-hybridized carbons (Fsp3) is 0.882. The van der Waals surface area contributed by atoms with Crippen LogP contribution in [0.25, 0.3) is 0 Å². The van der Waals surface area contributed by atoms with Crippen molar-refractivity contribution in [2.75, 3.05) is 26.3 Å². The fourth-order valence-corrected chi connectivity index (χ4v) is 3.77. The lowest BCUT2D eigenvalue weighted by molar-refractivity contribution is -0.185. The van der Waals surface area contributed by atoms with Gasteiger partial charge in [-0.25, -0.2) is 0 Å². The zero-order valence-electron chi connectivity index (χ0n) is 14.7. The summed E-state index contributed by atoms with van der Waals surface area (Å²) in [6, 6.07) is 0. The van der Waals surface area contributed by atoms with Crippen molar-refractivity contribution in [2.45, 2.75) is 58.9 Å². The number of likely N-dealkylation sites (tertiary alicyclic amines) is 1. The maximum Gasteiger partial charge on any atom is 0.170 e. The zero-order chi connectivity index (χ0) is 16.3. The Kier molecular flexibility index (Phi) is 5.34. The van der Waals surface area contributed by atoms with Gasteiger partial charge >= 0.3 is 0 Å². The molecule has 1 atom stereocenters. The molecule has 6 heteroatoms. The molecular weight excluding hydrogens is 292 g/mol. The van der Waals surface area contributed by atoms with E-state index >= 15 is 0 Å². The average Bonchev–Trinajstić information content (AvgIpc) is 3.11. The second-order valence-corrected chi connectivity index (χ2v) is 7.55. The quantitative estimate of drug-likeness (QED) is 0.804. The van der Waals surface area contributed by atoms with Gasteiger partial charge < -0.3 is 9.47 Å². The van der Waals surface area contributed by atoms with Crippen molar-refractivity contribution in [3.63, 3.8) is 0 Å². The molecule has 2 aliphatic rings. The molecule has 6 nitrogen and oxygen atoms in total. The Bertz CT molecular complexity index is 487. The summed E-state index contributed by atoms with van der Waals surface area (Å²) < 4.78 is 13.6. The van der Waals surface area contributed by atoms with E-state index in [-0.39, 0.29) is 5.79 Å². The van der Waals surface area contributed by atoms with Gasteiger partial charge in [-0.1, -0.05) is 26.0 Å². The first-order valence-electron chi connectivity index (χ1n) is 8.94. The minimum atomic E-state index is -0.291. The van der Waals surface area contributed by atoms with Crippen molar-refractivity contribution < 1.29 is 9.47 Å². The Hall–Kier alpha value is -0.980. The first-order valence-corrected chi connectivity index (χ1v) is 8.94. The summed E-state index contributed by atoms with van der Waals surface area (Å²) in [7, 11) is 0. The molecule has 0 aromatic carbocycles. The van der Waals surface area contributed by atoms with Crippen LogP contribution in [0.2, 0.25) is 0 Å². The van der Waals surface area contributed by atoms with Gasteiger partial charge in [-0.3, -0.25) is 9.58 Å². The Morgan fingerprint density at radius 3 is 2.52 bits per heavy atom. The van der Waals surface area contributed by atoms with Crippen molar-refractivity contribution in [1.82, 2.24) is 19.9 Å². The summed E-state index contributed by atoms with van der Waals surface area (Å²) in [4.78, 5) is 2.42. The topological polar surface area (TPSA) is 52.4 Å². The van der Waals surface area contributed by atoms with E-state index in [1.165, 1.54) is 6.42 Å². The van der Waals surface area contributed by atoms with Crippen LogP contribution in [-0.2, 0) is 22.6 Å². The van der Waals surface area contributed by atoms with Crippen LogP contribution in [-0.4, -0.2) is 52.0 Å². The highest BCUT2D eigenvalue weighted by Gasteiger charge is 2.39. The summed E-state index contributed by atoms with van der Waals surface area (Å²) >= 11 is 0. The van der Waals surface area contributed by atoms with Gasteiger partial charge in [0.2, 0.25) is 0 Å². The number of ether oxygens (including phenoxy) is 2. The molecule has 0 bridgehead atoms. The number of nitrogens with zero attached hydrogens (tertiary/aromatic N) is 4. The number of hydrogen-bond donors (Lipinski definition) is 0. The van der Waals surface area contributed by atoms with Gasteiger partial charge in [0.15, 0.2) is 5.79 Å². The molecule has 130 valence electrons. The predicted octanol–water partition coefficient (Wildman–Crippen LogP) is 2.30. The lowest BCUT2D eigenvalue weighted by atomic mass is 9.99. The first-order chi connectivity index (χ1) is 11.0. The molecule has 1 aromatic heterocycles. The molecule has 3 rings (SSSR count). The fourth-order valence-electron chi connectivity index (χ4n) is 3.77. The molecule has 2 saturated heterocycles. The van der Waals surface area contributed by atoms with Gasteiger partial charge in [0.25, 0.3) is 0 Å². The van der Waals surface area contributed by atoms with Gasteiger partial charge in [0.1, 0.15) is 0 Å². The van der Waals surface area contributed by atoms with Crippen LogP contribution in [0.15, 0.2) is 6.20 Å². The third-order valence-corrected chi connectivity index (χ3v) is 4.78. The normalized spacial score (nSPS) is 23.0. The third-order valence-electron chi connectivity index (χ3n) is 4.78. The minimum absolute atomic E-state index is 0.291. The van der Waals surface area contributed by atoms with Crippen LogP contribution in [0.3, 0.4) is 0 Å². The average molecular weight is 322 g/mol. The van der Waals surface area contributed by atoms with E-state index in [1.54, 1.807) is 0 Å². The molecule has 0 N–H and O–H groups in total. The molecule has 1 spiro atoms. The van der Waals surface area contributed by atoms with E-state index in [1.807, 2.05) is 4.68 Å². The van der Waals surface area contributed by atoms with E-state index in [9.17, 15) is 0 Å². The van der Waals surface area contributed by atoms with Crippen LogP contribution in [0.5, 0.6) is 0 Å². The largest absolute Gasteiger partial charge is 0.347 e. The van der Waals surface area contributed by atoms with Crippen molar-refractivity contribution in [3.05, 3.63) is 11.9 Å². The van der Waals surface area contributed by atoms with Crippen LogP contribution >= 0.6 is 0 Å². The SMILES string of the molecule is CC(C)CC(C)Cn1cc(CN2CCC3(CC2)OCCO3)nn1. The maximum atomic E-state index is 5.78. The summed E-state index contributed by atoms with van der Waals surface area (Å²) in [5.74, 6) is 1.07. The van der Waals surface area contributed by atoms with E-state index < -0.39 is 0 Å².